The van der Waals surface area contributed by atoms with E-state index < -0.39 is 0 Å². The smallest absolute Gasteiger partial charge is 0.123 e. The van der Waals surface area contributed by atoms with Crippen molar-refractivity contribution in [3.8, 4) is 0 Å². The van der Waals surface area contributed by atoms with Crippen molar-refractivity contribution in [1.82, 2.24) is 15.0 Å². The highest BCUT2D eigenvalue weighted by Crippen LogP contribution is 2.11. The van der Waals surface area contributed by atoms with Gasteiger partial charge in [0, 0.05) is 6.54 Å². The van der Waals surface area contributed by atoms with E-state index in [1.54, 1.807) is 16.8 Å². The molecular weight excluding hydrogens is 247 g/mol. The summed E-state index contributed by atoms with van der Waals surface area (Å²) in [5.41, 5.74) is 7.86. The van der Waals surface area contributed by atoms with E-state index in [-0.39, 0.29) is 19.0 Å². The summed E-state index contributed by atoms with van der Waals surface area (Å²) in [5.74, 6) is -0.271. The van der Waals surface area contributed by atoms with Crippen LogP contribution >= 0.6 is 0 Å². The Morgan fingerprint density at radius 2 is 2.00 bits per heavy atom. The average molecular weight is 262 g/mol. The molecule has 0 amide bonds. The number of hydrogen-bond acceptors (Lipinski definition) is 4. The van der Waals surface area contributed by atoms with Crippen LogP contribution in [0.2, 0.25) is 0 Å². The van der Waals surface area contributed by atoms with E-state index in [4.69, 9.17) is 10.8 Å². The molecule has 0 bridgehead atoms. The molecule has 3 N–H and O–H groups in total. The molecule has 0 saturated heterocycles. The Morgan fingerprint density at radius 3 is 2.63 bits per heavy atom. The van der Waals surface area contributed by atoms with Crippen LogP contribution in [-0.2, 0) is 13.1 Å². The van der Waals surface area contributed by atoms with Crippen LogP contribution in [-0.4, -0.2) is 26.7 Å². The summed E-state index contributed by atoms with van der Waals surface area (Å²) in [4.78, 5) is 0. The summed E-state index contributed by atoms with van der Waals surface area (Å²) in [6.07, 6.45) is 3.64. The van der Waals surface area contributed by atoms with Gasteiger partial charge >= 0.3 is 0 Å². The quantitative estimate of drug-likeness (QED) is 0.844. The summed E-state index contributed by atoms with van der Waals surface area (Å²) in [7, 11) is 0. The maximum absolute atomic E-state index is 12.8. The topological polar surface area (TPSA) is 77.0 Å². The molecule has 100 valence electrons. The summed E-state index contributed by atoms with van der Waals surface area (Å²) >= 11 is 0. The molecule has 1 aromatic heterocycles. The lowest BCUT2D eigenvalue weighted by atomic mass is 10.2. The van der Waals surface area contributed by atoms with Gasteiger partial charge in [0.25, 0.3) is 0 Å². The van der Waals surface area contributed by atoms with E-state index in [0.29, 0.717) is 12.2 Å². The lowest BCUT2D eigenvalue weighted by Crippen LogP contribution is -2.07. The van der Waals surface area contributed by atoms with Crippen LogP contribution in [0.4, 0.5) is 4.39 Å². The van der Waals surface area contributed by atoms with Gasteiger partial charge in [0.2, 0.25) is 0 Å². The number of halogens is 1. The number of rotatable bonds is 5. The first-order chi connectivity index (χ1) is 9.24. The number of nitrogens with zero attached hydrogens (tertiary/aromatic N) is 3. The monoisotopic (exact) mass is 262 g/mol. The van der Waals surface area contributed by atoms with Gasteiger partial charge in [-0.25, -0.2) is 9.07 Å². The SMILES string of the molecule is NCc1nnn(CCO)c1/C=C/c1ccc(F)cc1. The minimum atomic E-state index is -0.271. The normalized spacial score (nSPS) is 11.3. The van der Waals surface area contributed by atoms with Crippen molar-refractivity contribution >= 4 is 12.2 Å². The summed E-state index contributed by atoms with van der Waals surface area (Å²) in [6.45, 7) is 0.607. The molecule has 0 radical (unpaired) electrons. The molecule has 2 aromatic rings. The second-order valence-electron chi connectivity index (χ2n) is 3.96. The zero-order valence-electron chi connectivity index (χ0n) is 10.3. The average Bonchev–Trinajstić information content (AvgIpc) is 2.81. The number of aliphatic hydroxyl groups is 1. The summed E-state index contributed by atoms with van der Waals surface area (Å²) in [5, 5.41) is 16.8. The largest absolute Gasteiger partial charge is 0.394 e. The van der Waals surface area contributed by atoms with Gasteiger partial charge in [-0.05, 0) is 23.8 Å². The molecule has 5 nitrogen and oxygen atoms in total. The molecule has 1 aromatic carbocycles. The van der Waals surface area contributed by atoms with Crippen molar-refractivity contribution in [3.63, 3.8) is 0 Å². The molecular formula is C13H15FN4O. The number of nitrogens with two attached hydrogens (primary N) is 1. The highest BCUT2D eigenvalue weighted by molar-refractivity contribution is 5.68. The predicted molar refractivity (Wildman–Crippen MR) is 70.3 cm³/mol. The van der Waals surface area contributed by atoms with Crippen LogP contribution in [0.25, 0.3) is 12.2 Å². The van der Waals surface area contributed by atoms with Crippen molar-refractivity contribution in [2.24, 2.45) is 5.73 Å². The third-order valence-electron chi connectivity index (χ3n) is 2.66. The van der Waals surface area contributed by atoms with Crippen molar-refractivity contribution < 1.29 is 9.50 Å². The molecule has 6 heteroatoms. The predicted octanol–water partition coefficient (Wildman–Crippen LogP) is 1.04. The van der Waals surface area contributed by atoms with Gasteiger partial charge in [-0.3, -0.25) is 0 Å². The minimum absolute atomic E-state index is 0.0231. The first-order valence-corrected chi connectivity index (χ1v) is 5.91. The Morgan fingerprint density at radius 1 is 1.26 bits per heavy atom. The van der Waals surface area contributed by atoms with Crippen LogP contribution in [0.15, 0.2) is 24.3 Å². The fraction of sp³-hybridized carbons (Fsp3) is 0.231. The minimum Gasteiger partial charge on any atom is -0.394 e. The second kappa shape index (κ2) is 6.21. The molecule has 0 unspecified atom stereocenters. The second-order valence-corrected chi connectivity index (χ2v) is 3.96. The fourth-order valence-electron chi connectivity index (χ4n) is 1.69. The van der Waals surface area contributed by atoms with Crippen LogP contribution in [0.5, 0.6) is 0 Å². The van der Waals surface area contributed by atoms with Crippen LogP contribution in [0.1, 0.15) is 17.0 Å². The van der Waals surface area contributed by atoms with Crippen LogP contribution < -0.4 is 5.73 Å². The van der Waals surface area contributed by atoms with Gasteiger partial charge in [-0.1, -0.05) is 23.4 Å². The van der Waals surface area contributed by atoms with E-state index in [0.717, 1.165) is 11.3 Å². The zero-order chi connectivity index (χ0) is 13.7. The number of hydrogen-bond donors (Lipinski definition) is 2. The molecule has 0 saturated carbocycles. The van der Waals surface area contributed by atoms with Gasteiger partial charge in [0.1, 0.15) is 11.5 Å². The number of aliphatic hydroxyl groups excluding tert-OH is 1. The van der Waals surface area contributed by atoms with Gasteiger partial charge < -0.3 is 10.8 Å². The van der Waals surface area contributed by atoms with E-state index in [2.05, 4.69) is 10.3 Å². The maximum atomic E-state index is 12.8. The summed E-state index contributed by atoms with van der Waals surface area (Å²) in [6, 6.07) is 6.14. The Bertz CT molecular complexity index is 563. The summed E-state index contributed by atoms with van der Waals surface area (Å²) < 4.78 is 14.4. The van der Waals surface area contributed by atoms with Crippen molar-refractivity contribution in [2.75, 3.05) is 6.61 Å². The van der Waals surface area contributed by atoms with Crippen molar-refractivity contribution in [1.29, 1.82) is 0 Å². The number of benzene rings is 1. The Balaban J connectivity index is 2.26. The standard InChI is InChI=1S/C13H15FN4O/c14-11-4-1-10(2-5-11)3-6-13-12(9-15)16-17-18(13)7-8-19/h1-6,19H,7-9,15H2/b6-3+. The maximum Gasteiger partial charge on any atom is 0.123 e. The van der Waals surface area contributed by atoms with E-state index >= 15 is 0 Å². The fourth-order valence-corrected chi connectivity index (χ4v) is 1.69. The molecule has 1 heterocycles. The third kappa shape index (κ3) is 3.24. The lowest BCUT2D eigenvalue weighted by molar-refractivity contribution is 0.267. The molecule has 0 spiro atoms. The van der Waals surface area contributed by atoms with Gasteiger partial charge in [0.15, 0.2) is 0 Å². The van der Waals surface area contributed by atoms with Crippen LogP contribution in [0.3, 0.4) is 0 Å². The molecule has 2 rings (SSSR count). The molecule has 0 aliphatic heterocycles. The molecule has 0 atom stereocenters. The van der Waals surface area contributed by atoms with Crippen molar-refractivity contribution in [2.45, 2.75) is 13.1 Å². The highest BCUT2D eigenvalue weighted by atomic mass is 19.1. The van der Waals surface area contributed by atoms with E-state index in [1.807, 2.05) is 12.2 Å². The molecule has 0 fully saturated rings. The van der Waals surface area contributed by atoms with E-state index in [1.165, 1.54) is 12.1 Å². The first kappa shape index (κ1) is 13.4. The third-order valence-corrected chi connectivity index (χ3v) is 2.66. The lowest BCUT2D eigenvalue weighted by Gasteiger charge is -2.01. The Labute approximate surface area is 110 Å². The molecule has 19 heavy (non-hydrogen) atoms. The Kier molecular flexibility index (Phi) is 4.38. The van der Waals surface area contributed by atoms with Crippen LogP contribution in [0, 0.1) is 5.82 Å². The molecule has 0 aliphatic carbocycles. The van der Waals surface area contributed by atoms with Gasteiger partial charge in [0.05, 0.1) is 18.8 Å². The highest BCUT2D eigenvalue weighted by Gasteiger charge is 2.07. The van der Waals surface area contributed by atoms with E-state index in [9.17, 15) is 4.39 Å². The zero-order valence-corrected chi connectivity index (χ0v) is 10.3. The van der Waals surface area contributed by atoms with Gasteiger partial charge in [-0.2, -0.15) is 0 Å². The Hall–Kier alpha value is -2.05. The first-order valence-electron chi connectivity index (χ1n) is 5.91. The van der Waals surface area contributed by atoms with Crippen molar-refractivity contribution in [3.05, 3.63) is 47.0 Å². The van der Waals surface area contributed by atoms with Gasteiger partial charge in [-0.15, -0.1) is 5.10 Å². The molecule has 0 aliphatic rings. The number of aromatic nitrogens is 3.